The molecule has 1 heterocycles. The molecule has 0 saturated heterocycles. The Morgan fingerprint density at radius 3 is 2.81 bits per heavy atom. The van der Waals surface area contributed by atoms with Gasteiger partial charge in [0.05, 0.1) is 7.11 Å². The molecule has 0 saturated carbocycles. The van der Waals surface area contributed by atoms with E-state index in [2.05, 4.69) is 9.72 Å². The van der Waals surface area contributed by atoms with Crippen LogP contribution >= 0.6 is 0 Å². The highest BCUT2D eigenvalue weighted by atomic mass is 16.5. The van der Waals surface area contributed by atoms with Gasteiger partial charge < -0.3 is 9.64 Å². The fraction of sp³-hybridized carbons (Fsp3) is 0.364. The maximum absolute atomic E-state index is 11.3. The van der Waals surface area contributed by atoms with Gasteiger partial charge in [0.2, 0.25) is 0 Å². The zero-order valence-corrected chi connectivity index (χ0v) is 9.34. The number of nitrogens with zero attached hydrogens (tertiary/aromatic N) is 2. The molecule has 0 aliphatic heterocycles. The second-order valence-electron chi connectivity index (χ2n) is 3.33. The van der Waals surface area contributed by atoms with Gasteiger partial charge >= 0.3 is 11.9 Å². The molecule has 0 unspecified atom stereocenters. The molecule has 0 atom stereocenters. The number of methoxy groups -OCH3 is 1. The van der Waals surface area contributed by atoms with Crippen LogP contribution in [0.25, 0.3) is 0 Å². The summed E-state index contributed by atoms with van der Waals surface area (Å²) in [6.07, 6.45) is 4.08. The third kappa shape index (κ3) is 3.34. The molecule has 0 N–H and O–H groups in total. The molecule has 1 amide bonds. The zero-order valence-electron chi connectivity index (χ0n) is 9.34. The van der Waals surface area contributed by atoms with Gasteiger partial charge in [-0.15, -0.1) is 0 Å². The second kappa shape index (κ2) is 5.85. The Hall–Kier alpha value is -1.91. The monoisotopic (exact) mass is 222 g/mol. The Balaban J connectivity index is 2.44. The van der Waals surface area contributed by atoms with Gasteiger partial charge in [0.25, 0.3) is 0 Å². The number of amides is 1. The van der Waals surface area contributed by atoms with Crippen LogP contribution in [0.5, 0.6) is 0 Å². The van der Waals surface area contributed by atoms with Crippen LogP contribution in [0, 0.1) is 0 Å². The number of esters is 1. The molecule has 0 fully saturated rings. The average Bonchev–Trinajstić information content (AvgIpc) is 2.35. The number of hydrogen-bond acceptors (Lipinski definition) is 4. The van der Waals surface area contributed by atoms with Crippen molar-refractivity contribution in [1.82, 2.24) is 9.88 Å². The average molecular weight is 222 g/mol. The molecule has 0 radical (unpaired) electrons. The molecule has 16 heavy (non-hydrogen) atoms. The first kappa shape index (κ1) is 12.2. The summed E-state index contributed by atoms with van der Waals surface area (Å²) in [7, 11) is 2.75. The molecule has 1 rings (SSSR count). The van der Waals surface area contributed by atoms with Gasteiger partial charge in [0.15, 0.2) is 0 Å². The summed E-state index contributed by atoms with van der Waals surface area (Å²) in [5, 5.41) is 0. The minimum absolute atomic E-state index is 0.458. The first-order valence-electron chi connectivity index (χ1n) is 4.87. The van der Waals surface area contributed by atoms with E-state index in [9.17, 15) is 9.59 Å². The number of carbonyl (C=O) groups is 2. The lowest BCUT2D eigenvalue weighted by molar-refractivity contribution is -0.157. The Bertz CT molecular complexity index is 365. The quantitative estimate of drug-likeness (QED) is 0.543. The van der Waals surface area contributed by atoms with Crippen LogP contribution in [-0.4, -0.2) is 42.5 Å². The lowest BCUT2D eigenvalue weighted by Gasteiger charge is -2.14. The zero-order chi connectivity index (χ0) is 12.0. The topological polar surface area (TPSA) is 59.5 Å². The fourth-order valence-corrected chi connectivity index (χ4v) is 1.19. The van der Waals surface area contributed by atoms with Crippen molar-refractivity contribution in [2.24, 2.45) is 0 Å². The first-order valence-corrected chi connectivity index (χ1v) is 4.87. The Morgan fingerprint density at radius 1 is 1.50 bits per heavy atom. The molecule has 86 valence electrons. The van der Waals surface area contributed by atoms with Crippen molar-refractivity contribution >= 4 is 11.9 Å². The van der Waals surface area contributed by atoms with Crippen molar-refractivity contribution in [3.8, 4) is 0 Å². The van der Waals surface area contributed by atoms with Crippen LogP contribution < -0.4 is 0 Å². The maximum Gasteiger partial charge on any atom is 0.396 e. The maximum atomic E-state index is 11.3. The van der Waals surface area contributed by atoms with Crippen molar-refractivity contribution in [2.75, 3.05) is 20.7 Å². The minimum Gasteiger partial charge on any atom is -0.462 e. The predicted octanol–water partition coefficient (Wildman–Crippen LogP) is 0.255. The van der Waals surface area contributed by atoms with E-state index in [4.69, 9.17) is 0 Å². The number of pyridine rings is 1. The highest BCUT2D eigenvalue weighted by Gasteiger charge is 2.18. The Kier molecular flexibility index (Phi) is 4.44. The predicted molar refractivity (Wildman–Crippen MR) is 57.6 cm³/mol. The molecule has 1 aromatic heterocycles. The molecule has 5 heteroatoms. The van der Waals surface area contributed by atoms with Crippen molar-refractivity contribution in [3.05, 3.63) is 30.1 Å². The van der Waals surface area contributed by atoms with E-state index in [1.807, 2.05) is 12.1 Å². The van der Waals surface area contributed by atoms with Gasteiger partial charge in [-0.3, -0.25) is 9.78 Å². The lowest BCUT2D eigenvalue weighted by Crippen LogP contribution is -2.35. The molecular weight excluding hydrogens is 208 g/mol. The van der Waals surface area contributed by atoms with Crippen LogP contribution in [0.3, 0.4) is 0 Å². The summed E-state index contributed by atoms with van der Waals surface area (Å²) in [6.45, 7) is 0.458. The number of carbonyl (C=O) groups excluding carboxylic acids is 2. The molecule has 0 aliphatic rings. The molecule has 1 aromatic rings. The standard InChI is InChI=1S/C11H14N2O3/c1-13(10(14)11(15)16-2)7-5-9-4-3-6-12-8-9/h3-4,6,8H,5,7H2,1-2H3. The number of likely N-dealkylation sites (N-methyl/N-ethyl adjacent to an activating group) is 1. The molecule has 0 aromatic carbocycles. The first-order chi connectivity index (χ1) is 7.65. The number of hydrogen-bond donors (Lipinski definition) is 0. The summed E-state index contributed by atoms with van der Waals surface area (Å²) in [5.41, 5.74) is 1.02. The Labute approximate surface area is 94.0 Å². The molecule has 0 aliphatic carbocycles. The summed E-state index contributed by atoms with van der Waals surface area (Å²) in [5.74, 6) is -1.47. The fourth-order valence-electron chi connectivity index (χ4n) is 1.19. The lowest BCUT2D eigenvalue weighted by atomic mass is 10.2. The third-order valence-corrected chi connectivity index (χ3v) is 2.17. The van der Waals surface area contributed by atoms with Crippen molar-refractivity contribution < 1.29 is 14.3 Å². The van der Waals surface area contributed by atoms with Crippen molar-refractivity contribution in [2.45, 2.75) is 6.42 Å². The smallest absolute Gasteiger partial charge is 0.396 e. The van der Waals surface area contributed by atoms with E-state index in [0.717, 1.165) is 5.56 Å². The van der Waals surface area contributed by atoms with Crippen molar-refractivity contribution in [1.29, 1.82) is 0 Å². The summed E-state index contributed by atoms with van der Waals surface area (Å²) >= 11 is 0. The molecule has 0 spiro atoms. The van der Waals surface area contributed by atoms with Gasteiger partial charge in [-0.1, -0.05) is 6.07 Å². The van der Waals surface area contributed by atoms with Crippen LogP contribution in [0.2, 0.25) is 0 Å². The summed E-state index contributed by atoms with van der Waals surface area (Å²) < 4.78 is 4.34. The van der Waals surface area contributed by atoms with Gasteiger partial charge in [-0.05, 0) is 18.1 Å². The van der Waals surface area contributed by atoms with E-state index in [1.165, 1.54) is 12.0 Å². The normalized spacial score (nSPS) is 9.62. The van der Waals surface area contributed by atoms with Crippen LogP contribution in [-0.2, 0) is 20.7 Å². The van der Waals surface area contributed by atoms with Crippen LogP contribution in [0.4, 0.5) is 0 Å². The highest BCUT2D eigenvalue weighted by Crippen LogP contribution is 1.99. The van der Waals surface area contributed by atoms with Gasteiger partial charge in [-0.25, -0.2) is 4.79 Å². The molecular formula is C11H14N2O3. The van der Waals surface area contributed by atoms with Crippen LogP contribution in [0.1, 0.15) is 5.56 Å². The summed E-state index contributed by atoms with van der Waals surface area (Å²) in [4.78, 5) is 27.6. The van der Waals surface area contributed by atoms with E-state index in [-0.39, 0.29) is 0 Å². The number of aromatic nitrogens is 1. The van der Waals surface area contributed by atoms with Gasteiger partial charge in [0.1, 0.15) is 0 Å². The SMILES string of the molecule is COC(=O)C(=O)N(C)CCc1cccnc1. The molecule has 5 nitrogen and oxygen atoms in total. The molecule has 0 bridgehead atoms. The van der Waals surface area contributed by atoms with Crippen molar-refractivity contribution in [3.63, 3.8) is 0 Å². The highest BCUT2D eigenvalue weighted by molar-refractivity contribution is 6.32. The minimum atomic E-state index is -0.839. The number of ether oxygens (including phenoxy) is 1. The van der Waals surface area contributed by atoms with Gasteiger partial charge in [0, 0.05) is 26.0 Å². The van der Waals surface area contributed by atoms with Crippen LogP contribution in [0.15, 0.2) is 24.5 Å². The second-order valence-corrected chi connectivity index (χ2v) is 3.33. The largest absolute Gasteiger partial charge is 0.462 e. The third-order valence-electron chi connectivity index (χ3n) is 2.17. The van der Waals surface area contributed by atoms with E-state index < -0.39 is 11.9 Å². The van der Waals surface area contributed by atoms with E-state index >= 15 is 0 Å². The van der Waals surface area contributed by atoms with E-state index in [1.54, 1.807) is 19.4 Å². The van der Waals surface area contributed by atoms with Gasteiger partial charge in [-0.2, -0.15) is 0 Å². The summed E-state index contributed by atoms with van der Waals surface area (Å²) in [6, 6.07) is 3.75. The Morgan fingerprint density at radius 2 is 2.25 bits per heavy atom. The number of rotatable bonds is 3. The van der Waals surface area contributed by atoms with E-state index in [0.29, 0.717) is 13.0 Å².